The van der Waals surface area contributed by atoms with Crippen molar-refractivity contribution in [3.8, 4) is 0 Å². The quantitative estimate of drug-likeness (QED) is 0.552. The average molecular weight is 475 g/mol. The molecular formula is C26H26N4O5. The molecule has 2 fully saturated rings. The van der Waals surface area contributed by atoms with Crippen molar-refractivity contribution in [2.45, 2.75) is 25.3 Å². The first-order valence-corrected chi connectivity index (χ1v) is 11.6. The Morgan fingerprint density at radius 1 is 1.06 bits per heavy atom. The van der Waals surface area contributed by atoms with Crippen molar-refractivity contribution >= 4 is 40.4 Å². The summed E-state index contributed by atoms with van der Waals surface area (Å²) in [6.45, 7) is 1.99. The number of carbonyl (C=O) groups excluding carboxylic acids is 4. The van der Waals surface area contributed by atoms with E-state index >= 15 is 0 Å². The summed E-state index contributed by atoms with van der Waals surface area (Å²) in [6, 6.07) is 17.7. The summed E-state index contributed by atoms with van der Waals surface area (Å²) in [5, 5.41) is 6.40. The number of amides is 5. The van der Waals surface area contributed by atoms with Crippen molar-refractivity contribution in [3.63, 3.8) is 0 Å². The van der Waals surface area contributed by atoms with E-state index in [2.05, 4.69) is 10.6 Å². The number of carbonyl (C=O) groups is 4. The molecule has 1 aromatic heterocycles. The number of rotatable bonds is 5. The Hall–Kier alpha value is -4.14. The molecule has 3 aromatic rings. The lowest BCUT2D eigenvalue weighted by Gasteiger charge is -2.32. The molecule has 3 heterocycles. The van der Waals surface area contributed by atoms with Crippen LogP contribution in [0.15, 0.2) is 65.1 Å². The molecule has 5 amide bonds. The van der Waals surface area contributed by atoms with Gasteiger partial charge in [-0.25, -0.2) is 4.79 Å². The number of piperidine rings is 1. The first-order valence-electron chi connectivity index (χ1n) is 11.6. The molecule has 2 saturated heterocycles. The second-order valence-corrected chi connectivity index (χ2v) is 9.11. The standard InChI is InChI=1S/C26H26N4O5/c1-26(21-15-18-7-5-6-10-20(18)35-21)24(33)30(25(34)28-26)16-22(31)29-13-11-17(12-14-29)23(32)27-19-8-3-2-4-9-19/h2-10,15,17H,11-14,16H2,1H3,(H,27,32)(H,28,34)/t26-/m0/s1. The monoisotopic (exact) mass is 474 g/mol. The lowest BCUT2D eigenvalue weighted by atomic mass is 9.95. The Labute approximate surface area is 202 Å². The summed E-state index contributed by atoms with van der Waals surface area (Å²) in [6.07, 6.45) is 1.03. The zero-order valence-electron chi connectivity index (χ0n) is 19.3. The predicted molar refractivity (Wildman–Crippen MR) is 128 cm³/mol. The van der Waals surface area contributed by atoms with Crippen molar-refractivity contribution in [1.82, 2.24) is 15.1 Å². The molecule has 2 N–H and O–H groups in total. The number of likely N-dealkylation sites (tertiary alicyclic amines) is 1. The van der Waals surface area contributed by atoms with Crippen LogP contribution in [0, 0.1) is 5.92 Å². The number of furan rings is 1. The molecule has 9 heteroatoms. The van der Waals surface area contributed by atoms with Gasteiger partial charge in [0.2, 0.25) is 11.8 Å². The third kappa shape index (κ3) is 4.25. The Bertz CT molecular complexity index is 1260. The van der Waals surface area contributed by atoms with Crippen molar-refractivity contribution in [3.05, 3.63) is 66.4 Å². The van der Waals surface area contributed by atoms with E-state index in [0.29, 0.717) is 37.3 Å². The number of urea groups is 1. The highest BCUT2D eigenvalue weighted by Gasteiger charge is 2.52. The van der Waals surface area contributed by atoms with Crippen LogP contribution in [0.5, 0.6) is 0 Å². The predicted octanol–water partition coefficient (Wildman–Crippen LogP) is 3.08. The summed E-state index contributed by atoms with van der Waals surface area (Å²) in [4.78, 5) is 53.9. The summed E-state index contributed by atoms with van der Waals surface area (Å²) >= 11 is 0. The molecule has 180 valence electrons. The second-order valence-electron chi connectivity index (χ2n) is 9.11. The Morgan fingerprint density at radius 3 is 2.46 bits per heavy atom. The summed E-state index contributed by atoms with van der Waals surface area (Å²) < 4.78 is 5.82. The molecular weight excluding hydrogens is 448 g/mol. The highest BCUT2D eigenvalue weighted by atomic mass is 16.3. The van der Waals surface area contributed by atoms with E-state index < -0.39 is 17.5 Å². The number of benzene rings is 2. The lowest BCUT2D eigenvalue weighted by molar-refractivity contribution is -0.140. The normalized spacial score (nSPS) is 20.8. The van der Waals surface area contributed by atoms with Gasteiger partial charge in [0.15, 0.2) is 5.54 Å². The number of imide groups is 1. The van der Waals surface area contributed by atoms with Gasteiger partial charge in [-0.2, -0.15) is 0 Å². The maximum atomic E-state index is 13.2. The van der Waals surface area contributed by atoms with Gasteiger partial charge in [0, 0.05) is 30.1 Å². The maximum Gasteiger partial charge on any atom is 0.325 e. The largest absolute Gasteiger partial charge is 0.458 e. The lowest BCUT2D eigenvalue weighted by Crippen LogP contribution is -2.47. The second kappa shape index (κ2) is 8.90. The van der Waals surface area contributed by atoms with Crippen molar-refractivity contribution in [2.75, 3.05) is 25.0 Å². The van der Waals surface area contributed by atoms with Crippen LogP contribution in [-0.4, -0.2) is 53.2 Å². The van der Waals surface area contributed by atoms with Gasteiger partial charge in [-0.3, -0.25) is 19.3 Å². The Balaban J connectivity index is 1.20. The first-order chi connectivity index (χ1) is 16.8. The van der Waals surface area contributed by atoms with E-state index in [4.69, 9.17) is 4.42 Å². The van der Waals surface area contributed by atoms with Crippen LogP contribution in [0.2, 0.25) is 0 Å². The molecule has 5 rings (SSSR count). The van der Waals surface area contributed by atoms with E-state index in [1.807, 2.05) is 48.5 Å². The molecule has 2 aliphatic heterocycles. The zero-order chi connectivity index (χ0) is 24.6. The van der Waals surface area contributed by atoms with E-state index in [0.717, 1.165) is 16.0 Å². The molecule has 0 saturated carbocycles. The summed E-state index contributed by atoms with van der Waals surface area (Å²) in [5.74, 6) is -0.820. The highest BCUT2D eigenvalue weighted by Crippen LogP contribution is 2.33. The van der Waals surface area contributed by atoms with Crippen LogP contribution in [0.1, 0.15) is 25.5 Å². The smallest absolute Gasteiger partial charge is 0.325 e. The van der Waals surface area contributed by atoms with Gasteiger partial charge < -0.3 is 20.0 Å². The number of para-hydroxylation sites is 2. The third-order valence-corrected chi connectivity index (χ3v) is 6.75. The van der Waals surface area contributed by atoms with E-state index in [9.17, 15) is 19.2 Å². The van der Waals surface area contributed by atoms with Gasteiger partial charge in [0.1, 0.15) is 17.9 Å². The van der Waals surface area contributed by atoms with Crippen LogP contribution >= 0.6 is 0 Å². The number of hydrogen-bond acceptors (Lipinski definition) is 5. The summed E-state index contributed by atoms with van der Waals surface area (Å²) in [7, 11) is 0. The number of anilines is 1. The van der Waals surface area contributed by atoms with E-state index in [1.54, 1.807) is 24.0 Å². The maximum absolute atomic E-state index is 13.2. The van der Waals surface area contributed by atoms with Crippen LogP contribution in [0.25, 0.3) is 11.0 Å². The van der Waals surface area contributed by atoms with Gasteiger partial charge in [-0.1, -0.05) is 36.4 Å². The SMILES string of the molecule is C[C@@]1(c2cc3ccccc3o2)NC(=O)N(CC(=O)N2CCC(C(=O)Nc3ccccc3)CC2)C1=O. The highest BCUT2D eigenvalue weighted by molar-refractivity contribution is 6.09. The van der Waals surface area contributed by atoms with Crippen molar-refractivity contribution in [2.24, 2.45) is 5.92 Å². The topological polar surface area (TPSA) is 112 Å². The molecule has 0 unspecified atom stereocenters. The minimum Gasteiger partial charge on any atom is -0.458 e. The van der Waals surface area contributed by atoms with Gasteiger partial charge >= 0.3 is 6.03 Å². The van der Waals surface area contributed by atoms with Crippen LogP contribution in [0.3, 0.4) is 0 Å². The zero-order valence-corrected chi connectivity index (χ0v) is 19.3. The number of fused-ring (bicyclic) bond motifs is 1. The minimum absolute atomic E-state index is 0.0704. The van der Waals surface area contributed by atoms with Gasteiger partial charge in [0.05, 0.1) is 0 Å². The Morgan fingerprint density at radius 2 is 1.74 bits per heavy atom. The molecule has 0 aliphatic carbocycles. The minimum atomic E-state index is -1.39. The fourth-order valence-electron chi connectivity index (χ4n) is 4.63. The van der Waals surface area contributed by atoms with Crippen LogP contribution in [-0.2, 0) is 19.9 Å². The molecule has 2 aromatic carbocycles. The third-order valence-electron chi connectivity index (χ3n) is 6.75. The van der Waals surface area contributed by atoms with Gasteiger partial charge in [0.25, 0.3) is 5.91 Å². The van der Waals surface area contributed by atoms with E-state index in [-0.39, 0.29) is 24.3 Å². The van der Waals surface area contributed by atoms with Crippen molar-refractivity contribution < 1.29 is 23.6 Å². The molecule has 0 spiro atoms. The number of hydrogen-bond donors (Lipinski definition) is 2. The van der Waals surface area contributed by atoms with Gasteiger partial charge in [-0.05, 0) is 44.0 Å². The fraction of sp³-hybridized carbons (Fsp3) is 0.308. The Kier molecular flexibility index (Phi) is 5.76. The molecule has 9 nitrogen and oxygen atoms in total. The molecule has 2 aliphatic rings. The fourth-order valence-corrected chi connectivity index (χ4v) is 4.63. The van der Waals surface area contributed by atoms with Crippen LogP contribution < -0.4 is 10.6 Å². The van der Waals surface area contributed by atoms with E-state index in [1.165, 1.54) is 0 Å². The molecule has 0 bridgehead atoms. The molecule has 35 heavy (non-hydrogen) atoms. The van der Waals surface area contributed by atoms with Crippen LogP contribution in [0.4, 0.5) is 10.5 Å². The number of nitrogens with zero attached hydrogens (tertiary/aromatic N) is 2. The van der Waals surface area contributed by atoms with Gasteiger partial charge in [-0.15, -0.1) is 0 Å². The number of nitrogens with one attached hydrogen (secondary N) is 2. The summed E-state index contributed by atoms with van der Waals surface area (Å²) in [5.41, 5.74) is -0.0413. The molecule has 1 atom stereocenters. The first kappa shape index (κ1) is 22.6. The average Bonchev–Trinajstić information content (AvgIpc) is 3.40. The van der Waals surface area contributed by atoms with Crippen molar-refractivity contribution in [1.29, 1.82) is 0 Å². The molecule has 0 radical (unpaired) electrons.